The van der Waals surface area contributed by atoms with E-state index in [1.54, 1.807) is 11.8 Å². The van der Waals surface area contributed by atoms with E-state index in [2.05, 4.69) is 30.4 Å². The Hall–Kier alpha value is -1.23. The summed E-state index contributed by atoms with van der Waals surface area (Å²) in [5.41, 5.74) is 1.70. The number of aromatic nitrogens is 1. The quantitative estimate of drug-likeness (QED) is 0.800. The Kier molecular flexibility index (Phi) is 7.57. The Balaban J connectivity index is 3.01. The average molecular weight is 309 g/mol. The number of carbonyl (C=O) groups is 1. The maximum atomic E-state index is 12.6. The molecule has 0 fully saturated rings. The van der Waals surface area contributed by atoms with Crippen LogP contribution >= 0.6 is 11.8 Å². The highest BCUT2D eigenvalue weighted by molar-refractivity contribution is 7.98. The Morgan fingerprint density at radius 2 is 2.14 bits per heavy atom. The Bertz CT molecular complexity index is 441. The fourth-order valence-electron chi connectivity index (χ4n) is 2.12. The molecule has 1 amide bonds. The Morgan fingerprint density at radius 3 is 2.71 bits per heavy atom. The summed E-state index contributed by atoms with van der Waals surface area (Å²) in [7, 11) is 1.87. The van der Waals surface area contributed by atoms with Gasteiger partial charge in [-0.2, -0.15) is 11.8 Å². The molecular formula is C16H27N3OS. The van der Waals surface area contributed by atoms with Gasteiger partial charge < -0.3 is 10.2 Å². The van der Waals surface area contributed by atoms with Crippen molar-refractivity contribution in [2.24, 2.45) is 0 Å². The van der Waals surface area contributed by atoms with Crippen LogP contribution in [0.5, 0.6) is 0 Å². The molecule has 1 atom stereocenters. The predicted octanol–water partition coefficient (Wildman–Crippen LogP) is 3.29. The normalized spacial score (nSPS) is 12.0. The van der Waals surface area contributed by atoms with Crippen LogP contribution in [0.1, 0.15) is 43.2 Å². The van der Waals surface area contributed by atoms with Crippen molar-refractivity contribution in [2.75, 3.05) is 30.9 Å². The fraction of sp³-hybridized carbons (Fsp3) is 0.625. The van der Waals surface area contributed by atoms with Gasteiger partial charge in [-0.15, -0.1) is 0 Å². The molecule has 1 aromatic rings. The zero-order valence-electron chi connectivity index (χ0n) is 13.8. The second kappa shape index (κ2) is 8.93. The molecule has 1 aromatic heterocycles. The first-order valence-electron chi connectivity index (χ1n) is 7.54. The van der Waals surface area contributed by atoms with Gasteiger partial charge in [-0.3, -0.25) is 4.79 Å². The number of nitrogens with one attached hydrogen (secondary N) is 1. The minimum Gasteiger partial charge on any atom is -0.370 e. The number of hydrogen-bond donors (Lipinski definition) is 1. The van der Waals surface area contributed by atoms with Crippen LogP contribution in [-0.4, -0.2) is 47.4 Å². The molecule has 0 aliphatic carbocycles. The van der Waals surface area contributed by atoms with Gasteiger partial charge in [0.2, 0.25) is 0 Å². The number of pyridine rings is 1. The number of thioether (sulfide) groups is 1. The van der Waals surface area contributed by atoms with Crippen molar-refractivity contribution in [3.05, 3.63) is 23.4 Å². The largest absolute Gasteiger partial charge is 0.370 e. The van der Waals surface area contributed by atoms with Gasteiger partial charge in [0.25, 0.3) is 5.91 Å². The summed E-state index contributed by atoms with van der Waals surface area (Å²) in [5.74, 6) is 1.79. The summed E-state index contributed by atoms with van der Waals surface area (Å²) < 4.78 is 0. The third kappa shape index (κ3) is 5.23. The maximum Gasteiger partial charge on any atom is 0.254 e. The highest BCUT2D eigenvalue weighted by Crippen LogP contribution is 2.16. The van der Waals surface area contributed by atoms with Crippen LogP contribution in [0.25, 0.3) is 0 Å². The molecular weight excluding hydrogens is 282 g/mol. The topological polar surface area (TPSA) is 45.2 Å². The van der Waals surface area contributed by atoms with E-state index in [1.807, 2.05) is 31.0 Å². The van der Waals surface area contributed by atoms with E-state index in [-0.39, 0.29) is 11.9 Å². The van der Waals surface area contributed by atoms with Crippen molar-refractivity contribution in [1.29, 1.82) is 0 Å². The molecule has 0 aromatic carbocycles. The highest BCUT2D eigenvalue weighted by Gasteiger charge is 2.18. The number of amides is 1. The molecule has 0 bridgehead atoms. The van der Waals surface area contributed by atoms with Gasteiger partial charge in [0.1, 0.15) is 5.82 Å². The van der Waals surface area contributed by atoms with Crippen molar-refractivity contribution in [3.8, 4) is 0 Å². The Labute approximate surface area is 132 Å². The number of carbonyl (C=O) groups excluding carboxylic acids is 1. The summed E-state index contributed by atoms with van der Waals surface area (Å²) in [5, 5.41) is 3.21. The third-order valence-electron chi connectivity index (χ3n) is 3.38. The minimum atomic E-state index is 0.0652. The number of anilines is 1. The molecule has 0 aliphatic rings. The lowest BCUT2D eigenvalue weighted by molar-refractivity contribution is 0.0757. The molecule has 0 radical (unpaired) electrons. The van der Waals surface area contributed by atoms with E-state index in [9.17, 15) is 4.79 Å². The van der Waals surface area contributed by atoms with E-state index in [1.165, 1.54) is 0 Å². The van der Waals surface area contributed by atoms with Crippen molar-refractivity contribution in [1.82, 2.24) is 9.88 Å². The van der Waals surface area contributed by atoms with Crippen LogP contribution in [0, 0.1) is 0 Å². The first-order chi connectivity index (χ1) is 10.0. The Morgan fingerprint density at radius 1 is 1.43 bits per heavy atom. The molecule has 1 unspecified atom stereocenters. The second-order valence-corrected chi connectivity index (χ2v) is 6.14. The van der Waals surface area contributed by atoms with Crippen molar-refractivity contribution in [2.45, 2.75) is 39.7 Å². The van der Waals surface area contributed by atoms with Crippen LogP contribution in [0.4, 0.5) is 5.82 Å². The van der Waals surface area contributed by atoms with Crippen LogP contribution < -0.4 is 5.32 Å². The fourth-order valence-corrected chi connectivity index (χ4v) is 2.83. The SMILES string of the molecule is CCCc1cc(C(=O)N(C)C(C)CSC)cc(NCC)n1. The molecule has 0 spiro atoms. The van der Waals surface area contributed by atoms with E-state index >= 15 is 0 Å². The molecule has 21 heavy (non-hydrogen) atoms. The van der Waals surface area contributed by atoms with Crippen molar-refractivity contribution in [3.63, 3.8) is 0 Å². The first-order valence-corrected chi connectivity index (χ1v) is 8.93. The van der Waals surface area contributed by atoms with E-state index < -0.39 is 0 Å². The molecule has 0 aliphatic heterocycles. The summed E-state index contributed by atoms with van der Waals surface area (Å²) in [6.07, 6.45) is 3.97. The van der Waals surface area contributed by atoms with E-state index in [0.717, 1.165) is 42.2 Å². The summed E-state index contributed by atoms with van der Waals surface area (Å²) in [6.45, 7) is 7.03. The van der Waals surface area contributed by atoms with Crippen LogP contribution in [0.15, 0.2) is 12.1 Å². The molecule has 4 nitrogen and oxygen atoms in total. The summed E-state index contributed by atoms with van der Waals surface area (Å²) in [6, 6.07) is 4.00. The lowest BCUT2D eigenvalue weighted by Gasteiger charge is -2.24. The maximum absolute atomic E-state index is 12.6. The minimum absolute atomic E-state index is 0.0652. The van der Waals surface area contributed by atoms with Crippen molar-refractivity contribution >= 4 is 23.5 Å². The van der Waals surface area contributed by atoms with Gasteiger partial charge in [0, 0.05) is 36.6 Å². The standard InChI is InChI=1S/C16H27N3OS/c1-6-8-14-9-13(10-15(18-14)17-7-2)16(20)19(4)12(3)11-21-5/h9-10,12H,6-8,11H2,1-5H3,(H,17,18). The molecule has 0 saturated heterocycles. The lowest BCUT2D eigenvalue weighted by Crippen LogP contribution is -2.36. The molecule has 5 heteroatoms. The van der Waals surface area contributed by atoms with Crippen LogP contribution in [0.3, 0.4) is 0 Å². The molecule has 118 valence electrons. The zero-order chi connectivity index (χ0) is 15.8. The monoisotopic (exact) mass is 309 g/mol. The van der Waals surface area contributed by atoms with Gasteiger partial charge in [0.05, 0.1) is 0 Å². The van der Waals surface area contributed by atoms with Gasteiger partial charge >= 0.3 is 0 Å². The van der Waals surface area contributed by atoms with Crippen LogP contribution in [-0.2, 0) is 6.42 Å². The second-order valence-electron chi connectivity index (χ2n) is 5.23. The lowest BCUT2D eigenvalue weighted by atomic mass is 10.1. The first kappa shape index (κ1) is 17.8. The number of rotatable bonds is 8. The van der Waals surface area contributed by atoms with Gasteiger partial charge in [-0.25, -0.2) is 4.98 Å². The van der Waals surface area contributed by atoms with Gasteiger partial charge in [0.15, 0.2) is 0 Å². The van der Waals surface area contributed by atoms with Gasteiger partial charge in [-0.05, 0) is 38.7 Å². The highest BCUT2D eigenvalue weighted by atomic mass is 32.2. The predicted molar refractivity (Wildman–Crippen MR) is 92.3 cm³/mol. The number of aryl methyl sites for hydroxylation is 1. The van der Waals surface area contributed by atoms with E-state index in [4.69, 9.17) is 0 Å². The van der Waals surface area contributed by atoms with Gasteiger partial charge in [-0.1, -0.05) is 13.3 Å². The van der Waals surface area contributed by atoms with E-state index in [0.29, 0.717) is 0 Å². The summed E-state index contributed by atoms with van der Waals surface area (Å²) in [4.78, 5) is 19.0. The van der Waals surface area contributed by atoms with Crippen LogP contribution in [0.2, 0.25) is 0 Å². The zero-order valence-corrected chi connectivity index (χ0v) is 14.6. The molecule has 0 saturated carbocycles. The number of hydrogen-bond acceptors (Lipinski definition) is 4. The smallest absolute Gasteiger partial charge is 0.254 e. The molecule has 1 heterocycles. The average Bonchev–Trinajstić information content (AvgIpc) is 2.46. The molecule has 1 rings (SSSR count). The van der Waals surface area contributed by atoms with Crippen molar-refractivity contribution < 1.29 is 4.79 Å². The number of nitrogens with zero attached hydrogens (tertiary/aromatic N) is 2. The molecule has 1 N–H and O–H groups in total. The third-order valence-corrected chi connectivity index (χ3v) is 4.19. The summed E-state index contributed by atoms with van der Waals surface area (Å²) >= 11 is 1.75.